The van der Waals surface area contributed by atoms with Crippen LogP contribution in [0.2, 0.25) is 0 Å². The van der Waals surface area contributed by atoms with Gasteiger partial charge in [-0.15, -0.1) is 0 Å². The Morgan fingerprint density at radius 2 is 2.15 bits per heavy atom. The van der Waals surface area contributed by atoms with E-state index in [0.29, 0.717) is 18.0 Å². The third-order valence-electron chi connectivity index (χ3n) is 4.11. The summed E-state index contributed by atoms with van der Waals surface area (Å²) in [5.41, 5.74) is 2.41. The molecular formula is C16H27N3O. The number of pyridine rings is 1. The normalized spacial score (nSPS) is 20.2. The molecule has 0 bridgehead atoms. The number of aromatic amines is 1. The van der Waals surface area contributed by atoms with Crippen LogP contribution in [0.4, 0.5) is 0 Å². The van der Waals surface area contributed by atoms with Gasteiger partial charge >= 0.3 is 0 Å². The van der Waals surface area contributed by atoms with Crippen LogP contribution in [0.15, 0.2) is 16.9 Å². The lowest BCUT2D eigenvalue weighted by atomic mass is 9.89. The first kappa shape index (κ1) is 15.3. The molecule has 1 aliphatic rings. The van der Waals surface area contributed by atoms with E-state index in [2.05, 4.69) is 43.1 Å². The van der Waals surface area contributed by atoms with Crippen LogP contribution in [0, 0.1) is 5.92 Å². The third kappa shape index (κ3) is 3.70. The summed E-state index contributed by atoms with van der Waals surface area (Å²) >= 11 is 0. The van der Waals surface area contributed by atoms with Crippen LogP contribution in [0.5, 0.6) is 0 Å². The lowest BCUT2D eigenvalue weighted by Gasteiger charge is -2.33. The molecule has 4 heteroatoms. The van der Waals surface area contributed by atoms with Crippen molar-refractivity contribution in [2.45, 2.75) is 45.2 Å². The molecule has 1 heterocycles. The second-order valence-electron chi connectivity index (χ2n) is 6.48. The van der Waals surface area contributed by atoms with Crippen LogP contribution in [0.1, 0.15) is 44.0 Å². The Labute approximate surface area is 121 Å². The molecule has 0 amide bonds. The Bertz CT molecular complexity index is 493. The van der Waals surface area contributed by atoms with Crippen LogP contribution < -0.4 is 10.9 Å². The maximum absolute atomic E-state index is 11.4. The zero-order valence-electron chi connectivity index (χ0n) is 13.1. The maximum atomic E-state index is 11.4. The van der Waals surface area contributed by atoms with Crippen LogP contribution in [0.25, 0.3) is 0 Å². The number of fused-ring (bicyclic) bond motifs is 1. The van der Waals surface area contributed by atoms with Crippen molar-refractivity contribution in [2.75, 3.05) is 20.6 Å². The van der Waals surface area contributed by atoms with Crippen LogP contribution in [-0.4, -0.2) is 36.6 Å². The third-order valence-corrected chi connectivity index (χ3v) is 4.11. The second kappa shape index (κ2) is 6.55. The molecule has 2 unspecified atom stereocenters. The molecule has 1 aromatic rings. The fraction of sp³-hybridized carbons (Fsp3) is 0.688. The van der Waals surface area contributed by atoms with Crippen molar-refractivity contribution in [2.24, 2.45) is 5.92 Å². The number of hydrogen-bond acceptors (Lipinski definition) is 3. The summed E-state index contributed by atoms with van der Waals surface area (Å²) in [4.78, 5) is 16.7. The van der Waals surface area contributed by atoms with Gasteiger partial charge in [0.1, 0.15) is 0 Å². The van der Waals surface area contributed by atoms with Gasteiger partial charge in [-0.1, -0.05) is 19.9 Å². The highest BCUT2D eigenvalue weighted by Crippen LogP contribution is 2.28. The SMILES string of the molecule is CC(C)C(CN(C)C)NC1CCCc2[nH]c(=O)ccc21. The lowest BCUT2D eigenvalue weighted by Crippen LogP contribution is -2.44. The molecule has 0 fully saturated rings. The van der Waals surface area contributed by atoms with Crippen LogP contribution in [-0.2, 0) is 6.42 Å². The van der Waals surface area contributed by atoms with Gasteiger partial charge in [-0.25, -0.2) is 0 Å². The average Bonchev–Trinajstić information content (AvgIpc) is 2.37. The highest BCUT2D eigenvalue weighted by molar-refractivity contribution is 5.26. The van der Waals surface area contributed by atoms with Crippen molar-refractivity contribution in [1.82, 2.24) is 15.2 Å². The van der Waals surface area contributed by atoms with E-state index in [9.17, 15) is 4.79 Å². The Morgan fingerprint density at radius 1 is 1.40 bits per heavy atom. The van der Waals surface area contributed by atoms with Crippen molar-refractivity contribution >= 4 is 0 Å². The molecule has 2 rings (SSSR count). The zero-order chi connectivity index (χ0) is 14.7. The van der Waals surface area contributed by atoms with Crippen molar-refractivity contribution in [1.29, 1.82) is 0 Å². The number of nitrogens with zero attached hydrogens (tertiary/aromatic N) is 1. The largest absolute Gasteiger partial charge is 0.326 e. The summed E-state index contributed by atoms with van der Waals surface area (Å²) < 4.78 is 0. The average molecular weight is 277 g/mol. The van der Waals surface area contributed by atoms with Crippen LogP contribution >= 0.6 is 0 Å². The molecule has 0 aromatic carbocycles. The summed E-state index contributed by atoms with van der Waals surface area (Å²) in [5, 5.41) is 3.80. The van der Waals surface area contributed by atoms with Gasteiger partial charge in [0.2, 0.25) is 5.56 Å². The number of rotatable bonds is 5. The predicted molar refractivity (Wildman–Crippen MR) is 83.1 cm³/mol. The molecule has 112 valence electrons. The number of H-pyrrole nitrogens is 1. The molecule has 0 saturated heterocycles. The molecule has 1 aromatic heterocycles. The Hall–Kier alpha value is -1.13. The molecular weight excluding hydrogens is 250 g/mol. The minimum absolute atomic E-state index is 0.0121. The van der Waals surface area contributed by atoms with Gasteiger partial charge in [-0.3, -0.25) is 4.79 Å². The maximum Gasteiger partial charge on any atom is 0.248 e. The Balaban J connectivity index is 2.16. The summed E-state index contributed by atoms with van der Waals surface area (Å²) in [6.07, 6.45) is 3.27. The van der Waals surface area contributed by atoms with Gasteiger partial charge in [0.25, 0.3) is 0 Å². The molecule has 0 radical (unpaired) electrons. The monoisotopic (exact) mass is 277 g/mol. The van der Waals surface area contributed by atoms with Crippen molar-refractivity contribution in [3.63, 3.8) is 0 Å². The van der Waals surface area contributed by atoms with Crippen molar-refractivity contribution in [3.05, 3.63) is 33.7 Å². The van der Waals surface area contributed by atoms with Gasteiger partial charge in [-0.05, 0) is 44.8 Å². The molecule has 0 saturated carbocycles. The van der Waals surface area contributed by atoms with E-state index in [-0.39, 0.29) is 5.56 Å². The van der Waals surface area contributed by atoms with E-state index in [4.69, 9.17) is 0 Å². The summed E-state index contributed by atoms with van der Waals surface area (Å²) in [7, 11) is 4.23. The second-order valence-corrected chi connectivity index (χ2v) is 6.48. The minimum Gasteiger partial charge on any atom is -0.326 e. The molecule has 4 nitrogen and oxygen atoms in total. The zero-order valence-corrected chi connectivity index (χ0v) is 13.1. The van der Waals surface area contributed by atoms with Gasteiger partial charge in [0, 0.05) is 30.4 Å². The van der Waals surface area contributed by atoms with Crippen molar-refractivity contribution in [3.8, 4) is 0 Å². The van der Waals surface area contributed by atoms with E-state index in [1.165, 1.54) is 5.56 Å². The van der Waals surface area contributed by atoms with Crippen LogP contribution in [0.3, 0.4) is 0 Å². The fourth-order valence-electron chi connectivity index (χ4n) is 2.98. The first-order chi connectivity index (χ1) is 9.47. The smallest absolute Gasteiger partial charge is 0.248 e. The first-order valence-electron chi connectivity index (χ1n) is 7.60. The molecule has 0 aliphatic heterocycles. The molecule has 1 aliphatic carbocycles. The van der Waals surface area contributed by atoms with E-state index in [1.807, 2.05) is 6.07 Å². The number of hydrogen-bond donors (Lipinski definition) is 2. The van der Waals surface area contributed by atoms with Gasteiger partial charge in [-0.2, -0.15) is 0 Å². The predicted octanol–water partition coefficient (Wildman–Crippen LogP) is 1.93. The topological polar surface area (TPSA) is 48.1 Å². The quantitative estimate of drug-likeness (QED) is 0.864. The molecule has 2 atom stereocenters. The standard InChI is InChI=1S/C16H27N3O/c1-11(2)15(10-19(3)4)17-13-6-5-7-14-12(13)8-9-16(20)18-14/h8-9,11,13,15,17H,5-7,10H2,1-4H3,(H,18,20). The molecule has 0 spiro atoms. The fourth-order valence-corrected chi connectivity index (χ4v) is 2.98. The number of aromatic nitrogens is 1. The minimum atomic E-state index is 0.0121. The first-order valence-corrected chi connectivity index (χ1v) is 7.60. The Kier molecular flexibility index (Phi) is 5.00. The molecule has 2 N–H and O–H groups in total. The van der Waals surface area contributed by atoms with E-state index in [1.54, 1.807) is 6.07 Å². The highest BCUT2D eigenvalue weighted by Gasteiger charge is 2.24. The summed E-state index contributed by atoms with van der Waals surface area (Å²) in [6.45, 7) is 5.56. The molecule has 20 heavy (non-hydrogen) atoms. The number of likely N-dealkylation sites (N-methyl/N-ethyl adjacent to an activating group) is 1. The highest BCUT2D eigenvalue weighted by atomic mass is 16.1. The number of aryl methyl sites for hydroxylation is 1. The van der Waals surface area contributed by atoms with Crippen molar-refractivity contribution < 1.29 is 0 Å². The van der Waals surface area contributed by atoms with Gasteiger partial charge in [0.15, 0.2) is 0 Å². The van der Waals surface area contributed by atoms with E-state index >= 15 is 0 Å². The Morgan fingerprint density at radius 3 is 2.80 bits per heavy atom. The van der Waals surface area contributed by atoms with E-state index < -0.39 is 0 Å². The van der Waals surface area contributed by atoms with Gasteiger partial charge < -0.3 is 15.2 Å². The summed E-state index contributed by atoms with van der Waals surface area (Å²) in [6, 6.07) is 4.48. The number of nitrogens with one attached hydrogen (secondary N) is 2. The lowest BCUT2D eigenvalue weighted by molar-refractivity contribution is 0.260. The summed E-state index contributed by atoms with van der Waals surface area (Å²) in [5.74, 6) is 0.588. The van der Waals surface area contributed by atoms with Gasteiger partial charge in [0.05, 0.1) is 0 Å². The van der Waals surface area contributed by atoms with E-state index in [0.717, 1.165) is 31.5 Å².